The molecule has 4 heteroatoms. The fourth-order valence-corrected chi connectivity index (χ4v) is 2.80. The van der Waals surface area contributed by atoms with Crippen LogP contribution in [0.4, 0.5) is 0 Å². The maximum atomic E-state index is 12.2. The molecule has 0 aliphatic rings. The highest BCUT2D eigenvalue weighted by Gasteiger charge is 2.13. The molecule has 1 N–H and O–H groups in total. The number of carbonyl (C=O) groups is 1. The van der Waals surface area contributed by atoms with Crippen LogP contribution in [0.15, 0.2) is 18.2 Å². The number of methoxy groups -OCH3 is 2. The zero-order valence-electron chi connectivity index (χ0n) is 15.3. The van der Waals surface area contributed by atoms with Crippen LogP contribution < -0.4 is 4.74 Å². The van der Waals surface area contributed by atoms with Gasteiger partial charge in [0.25, 0.3) is 0 Å². The van der Waals surface area contributed by atoms with Crippen molar-refractivity contribution in [3.63, 3.8) is 0 Å². The van der Waals surface area contributed by atoms with E-state index in [1.165, 1.54) is 32.8 Å². The molecule has 0 aliphatic heterocycles. The van der Waals surface area contributed by atoms with Gasteiger partial charge < -0.3 is 14.6 Å². The molecule has 4 nitrogen and oxygen atoms in total. The monoisotopic (exact) mass is 336 g/mol. The van der Waals surface area contributed by atoms with Gasteiger partial charge in [-0.2, -0.15) is 0 Å². The molecule has 0 amide bonds. The van der Waals surface area contributed by atoms with Crippen LogP contribution >= 0.6 is 0 Å². The molecule has 136 valence electrons. The van der Waals surface area contributed by atoms with Gasteiger partial charge in [0.2, 0.25) is 0 Å². The van der Waals surface area contributed by atoms with Crippen LogP contribution in [0.5, 0.6) is 11.5 Å². The summed E-state index contributed by atoms with van der Waals surface area (Å²) in [6.45, 7) is 2.21. The zero-order valence-corrected chi connectivity index (χ0v) is 15.3. The number of aryl methyl sites for hydroxylation is 1. The molecule has 1 aromatic carbocycles. The van der Waals surface area contributed by atoms with Crippen molar-refractivity contribution in [3.05, 3.63) is 23.8 Å². The molecule has 0 heterocycles. The Morgan fingerprint density at radius 1 is 1.17 bits per heavy atom. The summed E-state index contributed by atoms with van der Waals surface area (Å²) in [4.78, 5) is 12.2. The quantitative estimate of drug-likeness (QED) is 0.532. The number of aromatic hydroxyl groups is 1. The summed E-state index contributed by atoms with van der Waals surface area (Å²) < 4.78 is 10.5. The second-order valence-corrected chi connectivity index (χ2v) is 6.31. The third-order valence-corrected chi connectivity index (χ3v) is 4.35. The van der Waals surface area contributed by atoms with Crippen LogP contribution in [-0.2, 0) is 16.0 Å². The van der Waals surface area contributed by atoms with E-state index in [9.17, 15) is 9.90 Å². The third kappa shape index (κ3) is 7.82. The van der Waals surface area contributed by atoms with Crippen LogP contribution in [0, 0.1) is 0 Å². The molecule has 0 spiro atoms. The van der Waals surface area contributed by atoms with Gasteiger partial charge in [-0.15, -0.1) is 0 Å². The van der Waals surface area contributed by atoms with E-state index < -0.39 is 0 Å². The predicted molar refractivity (Wildman–Crippen MR) is 96.8 cm³/mol. The Morgan fingerprint density at radius 2 is 1.92 bits per heavy atom. The van der Waals surface area contributed by atoms with Crippen LogP contribution in [0.2, 0.25) is 0 Å². The maximum Gasteiger partial charge on any atom is 0.160 e. The Balaban J connectivity index is 2.33. The highest BCUT2D eigenvalue weighted by molar-refractivity contribution is 5.79. The average Bonchev–Trinajstić information content (AvgIpc) is 2.59. The van der Waals surface area contributed by atoms with Crippen LogP contribution in [0.3, 0.4) is 0 Å². The first-order valence-corrected chi connectivity index (χ1v) is 9.01. The van der Waals surface area contributed by atoms with Crippen LogP contribution in [-0.4, -0.2) is 31.2 Å². The van der Waals surface area contributed by atoms with Gasteiger partial charge in [0, 0.05) is 20.0 Å². The van der Waals surface area contributed by atoms with Crippen molar-refractivity contribution < 1.29 is 19.4 Å². The van der Waals surface area contributed by atoms with Crippen molar-refractivity contribution in [2.24, 2.45) is 0 Å². The SMILES string of the molecule is CCCCCCC[C@@H](CC(=O)CCc1ccc(O)c(OC)c1)OC. The Bertz CT molecular complexity index is 485. The molecule has 0 aromatic heterocycles. The van der Waals surface area contributed by atoms with Crippen molar-refractivity contribution in [1.29, 1.82) is 0 Å². The lowest BCUT2D eigenvalue weighted by molar-refractivity contribution is -0.121. The Hall–Kier alpha value is -1.55. The molecule has 0 saturated heterocycles. The summed E-state index contributed by atoms with van der Waals surface area (Å²) in [7, 11) is 3.21. The van der Waals surface area contributed by atoms with Gasteiger partial charge in [-0.1, -0.05) is 45.1 Å². The molecule has 1 atom stereocenters. The second-order valence-electron chi connectivity index (χ2n) is 6.31. The van der Waals surface area contributed by atoms with Crippen LogP contribution in [0.1, 0.15) is 63.9 Å². The van der Waals surface area contributed by atoms with E-state index in [-0.39, 0.29) is 17.6 Å². The lowest BCUT2D eigenvalue weighted by Crippen LogP contribution is -2.16. The third-order valence-electron chi connectivity index (χ3n) is 4.35. The first-order valence-electron chi connectivity index (χ1n) is 9.01. The maximum absolute atomic E-state index is 12.2. The minimum Gasteiger partial charge on any atom is -0.504 e. The normalized spacial score (nSPS) is 12.1. The lowest BCUT2D eigenvalue weighted by Gasteiger charge is -2.14. The molecule has 0 radical (unpaired) electrons. The number of rotatable bonds is 13. The van der Waals surface area contributed by atoms with Gasteiger partial charge in [-0.05, 0) is 30.5 Å². The topological polar surface area (TPSA) is 55.8 Å². The van der Waals surface area contributed by atoms with Gasteiger partial charge in [0.1, 0.15) is 5.78 Å². The fourth-order valence-electron chi connectivity index (χ4n) is 2.80. The largest absolute Gasteiger partial charge is 0.504 e. The highest BCUT2D eigenvalue weighted by Crippen LogP contribution is 2.26. The Morgan fingerprint density at radius 3 is 2.58 bits per heavy atom. The summed E-state index contributed by atoms with van der Waals surface area (Å²) in [6.07, 6.45) is 8.76. The molecule has 0 unspecified atom stereocenters. The standard InChI is InChI=1S/C20H32O4/c1-4-5-6-7-8-9-18(23-2)15-17(21)12-10-16-11-13-19(22)20(14-16)24-3/h11,13-14,18,22H,4-10,12,15H2,1-3H3/t18-/m0/s1. The van der Waals surface area contributed by atoms with Crippen molar-refractivity contribution in [1.82, 2.24) is 0 Å². The fraction of sp³-hybridized carbons (Fsp3) is 0.650. The smallest absolute Gasteiger partial charge is 0.160 e. The van der Waals surface area contributed by atoms with Crippen molar-refractivity contribution >= 4 is 5.78 Å². The molecule has 0 aliphatic carbocycles. The van der Waals surface area contributed by atoms with Gasteiger partial charge >= 0.3 is 0 Å². The first-order chi connectivity index (χ1) is 11.6. The summed E-state index contributed by atoms with van der Waals surface area (Å²) in [6, 6.07) is 5.21. The number of ether oxygens (including phenoxy) is 2. The van der Waals surface area contributed by atoms with Gasteiger partial charge in [0.05, 0.1) is 13.2 Å². The number of phenolic OH excluding ortho intramolecular Hbond substituents is 1. The van der Waals surface area contributed by atoms with Crippen molar-refractivity contribution in [2.45, 2.75) is 70.8 Å². The number of ketones is 1. The van der Waals surface area contributed by atoms with E-state index in [2.05, 4.69) is 6.92 Å². The zero-order chi connectivity index (χ0) is 17.8. The lowest BCUT2D eigenvalue weighted by atomic mass is 10.0. The number of carbonyl (C=O) groups excluding carboxylic acids is 1. The molecule has 0 saturated carbocycles. The summed E-state index contributed by atoms with van der Waals surface area (Å²) in [5, 5.41) is 9.59. The van der Waals surface area contributed by atoms with E-state index >= 15 is 0 Å². The number of unbranched alkanes of at least 4 members (excludes halogenated alkanes) is 4. The molecule has 24 heavy (non-hydrogen) atoms. The molecular formula is C20H32O4. The Kier molecular flexibility index (Phi) is 10.2. The number of Topliss-reactive ketones (excluding diaryl/α,β-unsaturated/α-hetero) is 1. The number of hydrogen-bond acceptors (Lipinski definition) is 4. The van der Waals surface area contributed by atoms with Crippen LogP contribution in [0.25, 0.3) is 0 Å². The van der Waals surface area contributed by atoms with E-state index in [0.717, 1.165) is 18.4 Å². The first kappa shape index (κ1) is 20.5. The van der Waals surface area contributed by atoms with Gasteiger partial charge in [-0.3, -0.25) is 4.79 Å². The molecule has 0 bridgehead atoms. The van der Waals surface area contributed by atoms with E-state index in [0.29, 0.717) is 25.0 Å². The van der Waals surface area contributed by atoms with E-state index in [1.54, 1.807) is 19.2 Å². The van der Waals surface area contributed by atoms with Gasteiger partial charge in [0.15, 0.2) is 11.5 Å². The molecule has 1 rings (SSSR count). The highest BCUT2D eigenvalue weighted by atomic mass is 16.5. The molecular weight excluding hydrogens is 304 g/mol. The summed E-state index contributed by atoms with van der Waals surface area (Å²) in [5.41, 5.74) is 0.992. The number of phenols is 1. The van der Waals surface area contributed by atoms with Crippen molar-refractivity contribution in [3.8, 4) is 11.5 Å². The summed E-state index contributed by atoms with van der Waals surface area (Å²) >= 11 is 0. The average molecular weight is 336 g/mol. The minimum atomic E-state index is 0.0356. The van der Waals surface area contributed by atoms with Crippen molar-refractivity contribution in [2.75, 3.05) is 14.2 Å². The van der Waals surface area contributed by atoms with Gasteiger partial charge in [-0.25, -0.2) is 0 Å². The second kappa shape index (κ2) is 11.9. The number of hydrogen-bond donors (Lipinski definition) is 1. The van der Waals surface area contributed by atoms with E-state index in [1.807, 2.05) is 6.07 Å². The Labute approximate surface area is 146 Å². The minimum absolute atomic E-state index is 0.0356. The molecule has 0 fully saturated rings. The summed E-state index contributed by atoms with van der Waals surface area (Å²) in [5.74, 6) is 0.791. The van der Waals surface area contributed by atoms with E-state index in [4.69, 9.17) is 9.47 Å². The molecule has 1 aromatic rings. The number of benzene rings is 1. The predicted octanol–water partition coefficient (Wildman–Crippen LogP) is 4.67.